The molecule has 2 nitrogen and oxygen atoms in total. The summed E-state index contributed by atoms with van der Waals surface area (Å²) in [6.07, 6.45) is 5.45. The van der Waals surface area contributed by atoms with E-state index < -0.39 is 0 Å². The van der Waals surface area contributed by atoms with Gasteiger partial charge in [-0.05, 0) is 35.6 Å². The maximum atomic E-state index is 9.43. The van der Waals surface area contributed by atoms with E-state index in [9.17, 15) is 5.26 Å². The summed E-state index contributed by atoms with van der Waals surface area (Å²) in [5, 5.41) is 14.2. The average molecular weight is 341 g/mol. The predicted octanol–water partition coefficient (Wildman–Crippen LogP) is 5.69. The van der Waals surface area contributed by atoms with Crippen molar-refractivity contribution in [3.63, 3.8) is 0 Å². The van der Waals surface area contributed by atoms with Crippen LogP contribution >= 0.6 is 23.2 Å². The zero-order valence-electron chi connectivity index (χ0n) is 12.3. The van der Waals surface area contributed by atoms with Crippen molar-refractivity contribution >= 4 is 28.9 Å². The fourth-order valence-corrected chi connectivity index (χ4v) is 4.21. The first kappa shape index (κ1) is 14.6. The van der Waals surface area contributed by atoms with Crippen molar-refractivity contribution in [3.8, 4) is 6.07 Å². The molecule has 0 saturated carbocycles. The maximum absolute atomic E-state index is 9.43. The third-order valence-electron chi connectivity index (χ3n) is 4.83. The van der Waals surface area contributed by atoms with E-state index >= 15 is 0 Å². The highest BCUT2D eigenvalue weighted by Gasteiger charge is 2.39. The number of para-hydroxylation sites is 1. The fourth-order valence-electron chi connectivity index (χ4n) is 3.78. The lowest BCUT2D eigenvalue weighted by molar-refractivity contribution is 0.425. The number of halogens is 2. The molecule has 0 spiro atoms. The third-order valence-corrected chi connectivity index (χ3v) is 5.67. The summed E-state index contributed by atoms with van der Waals surface area (Å²) in [7, 11) is 0. The van der Waals surface area contributed by atoms with E-state index in [1.165, 1.54) is 5.56 Å². The zero-order valence-corrected chi connectivity index (χ0v) is 13.8. The van der Waals surface area contributed by atoms with Crippen LogP contribution in [0.1, 0.15) is 35.1 Å². The van der Waals surface area contributed by atoms with Crippen molar-refractivity contribution in [2.24, 2.45) is 5.92 Å². The number of rotatable bonds is 1. The highest BCUT2D eigenvalue weighted by Crippen LogP contribution is 2.51. The third kappa shape index (κ3) is 2.24. The highest BCUT2D eigenvalue weighted by molar-refractivity contribution is 6.42. The van der Waals surface area contributed by atoms with Crippen LogP contribution in [0, 0.1) is 17.2 Å². The first-order valence-corrected chi connectivity index (χ1v) is 8.36. The highest BCUT2D eigenvalue weighted by atomic mass is 35.5. The van der Waals surface area contributed by atoms with Gasteiger partial charge >= 0.3 is 0 Å². The van der Waals surface area contributed by atoms with Gasteiger partial charge in [0.25, 0.3) is 0 Å². The molecule has 0 aromatic heterocycles. The molecule has 2 aromatic carbocycles. The molecule has 0 fully saturated rings. The van der Waals surface area contributed by atoms with Gasteiger partial charge in [0.15, 0.2) is 0 Å². The minimum atomic E-state index is 0.0446. The normalized spacial score (nSPS) is 24.5. The Kier molecular flexibility index (Phi) is 3.56. The molecular weight excluding hydrogens is 327 g/mol. The molecule has 0 radical (unpaired) electrons. The van der Waals surface area contributed by atoms with Crippen molar-refractivity contribution in [1.29, 1.82) is 5.26 Å². The number of nitrogens with zero attached hydrogens (tertiary/aromatic N) is 1. The van der Waals surface area contributed by atoms with Gasteiger partial charge in [0, 0.05) is 5.92 Å². The summed E-state index contributed by atoms with van der Waals surface area (Å²) in [6, 6.07) is 14.0. The lowest BCUT2D eigenvalue weighted by atomic mass is 9.76. The standard InChI is InChI=1S/C19H14Cl2N2/c20-16-9-3-8-15(17(16)21)19-14-7-2-5-12(14)13-6-1-4-11(10-22)18(13)23-19/h1-6,8-9,12,14,19,23H,7H2/t12-,14+,19-/m0/s1. The van der Waals surface area contributed by atoms with Crippen molar-refractivity contribution < 1.29 is 0 Å². The largest absolute Gasteiger partial charge is 0.377 e. The Morgan fingerprint density at radius 3 is 2.70 bits per heavy atom. The van der Waals surface area contributed by atoms with E-state index in [-0.39, 0.29) is 6.04 Å². The molecule has 4 heteroatoms. The SMILES string of the molecule is N#Cc1cccc2c1N[C@H](c1cccc(Cl)c1Cl)[C@@H]1CC=C[C@@H]21. The summed E-state index contributed by atoms with van der Waals surface area (Å²) in [6.45, 7) is 0. The molecule has 2 aromatic rings. The molecule has 1 aliphatic heterocycles. The number of hydrogen-bond acceptors (Lipinski definition) is 2. The minimum absolute atomic E-state index is 0.0446. The monoisotopic (exact) mass is 340 g/mol. The number of hydrogen-bond donors (Lipinski definition) is 1. The van der Waals surface area contributed by atoms with Crippen molar-refractivity contribution in [2.45, 2.75) is 18.4 Å². The molecule has 0 unspecified atom stereocenters. The van der Waals surface area contributed by atoms with Crippen molar-refractivity contribution in [1.82, 2.24) is 0 Å². The van der Waals surface area contributed by atoms with Crippen LogP contribution in [0.2, 0.25) is 10.0 Å². The van der Waals surface area contributed by atoms with Crippen LogP contribution in [0.3, 0.4) is 0 Å². The number of fused-ring (bicyclic) bond motifs is 3. The number of nitriles is 1. The number of benzene rings is 2. The topological polar surface area (TPSA) is 35.8 Å². The van der Waals surface area contributed by atoms with Crippen molar-refractivity contribution in [3.05, 3.63) is 75.3 Å². The molecular formula is C19H14Cl2N2. The average Bonchev–Trinajstić information content (AvgIpc) is 3.06. The molecule has 2 aliphatic rings. The molecule has 1 heterocycles. The summed E-state index contributed by atoms with van der Waals surface area (Å²) < 4.78 is 0. The summed E-state index contributed by atoms with van der Waals surface area (Å²) in [5.74, 6) is 0.687. The molecule has 4 rings (SSSR count). The van der Waals surface area contributed by atoms with Crippen LogP contribution < -0.4 is 5.32 Å². The van der Waals surface area contributed by atoms with E-state index in [1.807, 2.05) is 24.3 Å². The first-order chi connectivity index (χ1) is 11.2. The summed E-state index contributed by atoms with van der Waals surface area (Å²) in [4.78, 5) is 0. The Morgan fingerprint density at radius 1 is 1.09 bits per heavy atom. The molecule has 0 saturated heterocycles. The van der Waals surface area contributed by atoms with E-state index in [1.54, 1.807) is 6.07 Å². The van der Waals surface area contributed by atoms with E-state index in [0.717, 1.165) is 17.7 Å². The summed E-state index contributed by atoms with van der Waals surface area (Å²) in [5.41, 5.74) is 3.78. The van der Waals surface area contributed by atoms with Gasteiger partial charge in [-0.2, -0.15) is 5.26 Å². The minimum Gasteiger partial charge on any atom is -0.377 e. The van der Waals surface area contributed by atoms with Crippen LogP contribution in [-0.4, -0.2) is 0 Å². The van der Waals surface area contributed by atoms with Gasteiger partial charge in [-0.1, -0.05) is 59.6 Å². The quantitative estimate of drug-likeness (QED) is 0.676. The van der Waals surface area contributed by atoms with Gasteiger partial charge in [-0.15, -0.1) is 0 Å². The lowest BCUT2D eigenvalue weighted by Crippen LogP contribution is -2.29. The fraction of sp³-hybridized carbons (Fsp3) is 0.211. The maximum Gasteiger partial charge on any atom is 0.101 e. The molecule has 0 bridgehead atoms. The Morgan fingerprint density at radius 2 is 1.87 bits per heavy atom. The number of allylic oxidation sites excluding steroid dienone is 2. The van der Waals surface area contributed by atoms with Gasteiger partial charge in [-0.3, -0.25) is 0 Å². The van der Waals surface area contributed by atoms with E-state index in [2.05, 4.69) is 29.6 Å². The lowest BCUT2D eigenvalue weighted by Gasteiger charge is -2.38. The van der Waals surface area contributed by atoms with E-state index in [0.29, 0.717) is 27.4 Å². The molecule has 3 atom stereocenters. The molecule has 23 heavy (non-hydrogen) atoms. The Hall–Kier alpha value is -1.95. The smallest absolute Gasteiger partial charge is 0.101 e. The molecule has 0 amide bonds. The van der Waals surface area contributed by atoms with Crippen LogP contribution in [0.25, 0.3) is 0 Å². The van der Waals surface area contributed by atoms with Crippen LogP contribution in [0.4, 0.5) is 5.69 Å². The second-order valence-electron chi connectivity index (χ2n) is 6.00. The Balaban J connectivity index is 1.88. The van der Waals surface area contributed by atoms with E-state index in [4.69, 9.17) is 23.2 Å². The Labute approximate surface area is 145 Å². The van der Waals surface area contributed by atoms with Gasteiger partial charge in [-0.25, -0.2) is 0 Å². The second-order valence-corrected chi connectivity index (χ2v) is 6.79. The first-order valence-electron chi connectivity index (χ1n) is 7.61. The molecule has 1 aliphatic carbocycles. The number of anilines is 1. The summed E-state index contributed by atoms with van der Waals surface area (Å²) >= 11 is 12.7. The molecule has 114 valence electrons. The number of nitrogens with one attached hydrogen (secondary N) is 1. The van der Waals surface area contributed by atoms with Crippen LogP contribution in [-0.2, 0) is 0 Å². The van der Waals surface area contributed by atoms with Crippen LogP contribution in [0.5, 0.6) is 0 Å². The second kappa shape index (κ2) is 5.60. The Bertz CT molecular complexity index is 851. The van der Waals surface area contributed by atoms with Gasteiger partial charge in [0.1, 0.15) is 6.07 Å². The van der Waals surface area contributed by atoms with Crippen LogP contribution in [0.15, 0.2) is 48.6 Å². The van der Waals surface area contributed by atoms with Gasteiger partial charge in [0.2, 0.25) is 0 Å². The molecule has 1 N–H and O–H groups in total. The zero-order chi connectivity index (χ0) is 16.0. The predicted molar refractivity (Wildman–Crippen MR) is 94.0 cm³/mol. The van der Waals surface area contributed by atoms with Crippen molar-refractivity contribution in [2.75, 3.05) is 5.32 Å². The van der Waals surface area contributed by atoms with Gasteiger partial charge < -0.3 is 5.32 Å². The van der Waals surface area contributed by atoms with Gasteiger partial charge in [0.05, 0.1) is 27.3 Å².